The Kier molecular flexibility index (Phi) is 5.04. The second kappa shape index (κ2) is 6.09. The van der Waals surface area contributed by atoms with Crippen molar-refractivity contribution in [3.05, 3.63) is 0 Å². The van der Waals surface area contributed by atoms with Gasteiger partial charge < -0.3 is 5.32 Å². The molecule has 0 aliphatic heterocycles. The molecular formula is C13H23N. The highest BCUT2D eigenvalue weighted by atomic mass is 14.9. The molecule has 1 aliphatic rings. The molecule has 1 aliphatic carbocycles. The lowest BCUT2D eigenvalue weighted by molar-refractivity contribution is 0.238. The molecular weight excluding hydrogens is 170 g/mol. The SMILES string of the molecule is CC#CCC(NC)C1CCC(C)CC1. The summed E-state index contributed by atoms with van der Waals surface area (Å²) in [6, 6.07) is 0.620. The molecule has 1 saturated carbocycles. The lowest BCUT2D eigenvalue weighted by atomic mass is 9.78. The van der Waals surface area contributed by atoms with Gasteiger partial charge in [-0.15, -0.1) is 11.8 Å². The molecule has 1 fully saturated rings. The monoisotopic (exact) mass is 193 g/mol. The van der Waals surface area contributed by atoms with Gasteiger partial charge in [0.05, 0.1) is 0 Å². The van der Waals surface area contributed by atoms with Crippen molar-refractivity contribution in [3.63, 3.8) is 0 Å². The van der Waals surface area contributed by atoms with Crippen LogP contribution in [-0.4, -0.2) is 13.1 Å². The molecule has 1 nitrogen and oxygen atoms in total. The van der Waals surface area contributed by atoms with Gasteiger partial charge in [-0.05, 0) is 38.6 Å². The molecule has 0 saturated heterocycles. The summed E-state index contributed by atoms with van der Waals surface area (Å²) < 4.78 is 0. The van der Waals surface area contributed by atoms with Gasteiger partial charge in [0.25, 0.3) is 0 Å². The van der Waals surface area contributed by atoms with Crippen molar-refractivity contribution in [1.29, 1.82) is 0 Å². The van der Waals surface area contributed by atoms with Gasteiger partial charge in [0.15, 0.2) is 0 Å². The Labute approximate surface area is 88.7 Å². The van der Waals surface area contributed by atoms with Crippen LogP contribution in [0.3, 0.4) is 0 Å². The van der Waals surface area contributed by atoms with E-state index in [0.717, 1.165) is 18.3 Å². The standard InChI is InChI=1S/C13H23N/c1-4-5-6-13(14-3)12-9-7-11(2)8-10-12/h11-14H,6-10H2,1-3H3. The summed E-state index contributed by atoms with van der Waals surface area (Å²) in [6.45, 7) is 4.30. The van der Waals surface area contributed by atoms with E-state index in [1.165, 1.54) is 25.7 Å². The van der Waals surface area contributed by atoms with Gasteiger partial charge in [-0.25, -0.2) is 0 Å². The first-order chi connectivity index (χ1) is 6.77. The minimum absolute atomic E-state index is 0.620. The Hall–Kier alpha value is -0.480. The normalized spacial score (nSPS) is 29.1. The molecule has 1 N–H and O–H groups in total. The largest absolute Gasteiger partial charge is 0.316 e. The van der Waals surface area contributed by atoms with Gasteiger partial charge in [0.1, 0.15) is 0 Å². The van der Waals surface area contributed by atoms with Crippen LogP contribution < -0.4 is 5.32 Å². The summed E-state index contributed by atoms with van der Waals surface area (Å²) in [5.74, 6) is 7.99. The quantitative estimate of drug-likeness (QED) is 0.680. The number of hydrogen-bond donors (Lipinski definition) is 1. The van der Waals surface area contributed by atoms with E-state index in [4.69, 9.17) is 0 Å². The first kappa shape index (κ1) is 11.6. The van der Waals surface area contributed by atoms with Crippen LogP contribution in [-0.2, 0) is 0 Å². The molecule has 1 atom stereocenters. The molecule has 0 aromatic heterocycles. The molecule has 0 radical (unpaired) electrons. The van der Waals surface area contributed by atoms with Crippen LogP contribution in [0.15, 0.2) is 0 Å². The Bertz CT molecular complexity index is 203. The number of nitrogens with one attached hydrogen (secondary N) is 1. The van der Waals surface area contributed by atoms with Crippen LogP contribution >= 0.6 is 0 Å². The maximum Gasteiger partial charge on any atom is 0.0245 e. The third kappa shape index (κ3) is 3.35. The number of hydrogen-bond acceptors (Lipinski definition) is 1. The van der Waals surface area contributed by atoms with E-state index in [9.17, 15) is 0 Å². The first-order valence-electron chi connectivity index (χ1n) is 5.84. The summed E-state index contributed by atoms with van der Waals surface area (Å²) in [6.07, 6.45) is 6.60. The Balaban J connectivity index is 2.39. The smallest absolute Gasteiger partial charge is 0.0245 e. The van der Waals surface area contributed by atoms with Crippen molar-refractivity contribution in [1.82, 2.24) is 5.32 Å². The van der Waals surface area contributed by atoms with Crippen molar-refractivity contribution in [3.8, 4) is 11.8 Å². The molecule has 1 rings (SSSR count). The lowest BCUT2D eigenvalue weighted by Crippen LogP contribution is -2.35. The highest BCUT2D eigenvalue weighted by Crippen LogP contribution is 2.31. The zero-order valence-electron chi connectivity index (χ0n) is 9.77. The summed E-state index contributed by atoms with van der Waals surface area (Å²) >= 11 is 0. The zero-order valence-corrected chi connectivity index (χ0v) is 9.77. The fraction of sp³-hybridized carbons (Fsp3) is 0.846. The predicted molar refractivity (Wildman–Crippen MR) is 62.0 cm³/mol. The summed E-state index contributed by atoms with van der Waals surface area (Å²) in [5.41, 5.74) is 0. The highest BCUT2D eigenvalue weighted by molar-refractivity contribution is 4.99. The molecule has 1 heteroatoms. The summed E-state index contributed by atoms with van der Waals surface area (Å²) in [5, 5.41) is 3.42. The van der Waals surface area contributed by atoms with Gasteiger partial charge in [-0.1, -0.05) is 19.8 Å². The van der Waals surface area contributed by atoms with Gasteiger partial charge in [0.2, 0.25) is 0 Å². The van der Waals surface area contributed by atoms with Gasteiger partial charge in [0, 0.05) is 12.5 Å². The van der Waals surface area contributed by atoms with Crippen LogP contribution in [0.4, 0.5) is 0 Å². The van der Waals surface area contributed by atoms with Crippen molar-refractivity contribution in [2.45, 2.75) is 52.0 Å². The van der Waals surface area contributed by atoms with Gasteiger partial charge >= 0.3 is 0 Å². The van der Waals surface area contributed by atoms with Gasteiger partial charge in [-0.2, -0.15) is 0 Å². The molecule has 0 aromatic carbocycles. The molecule has 0 bridgehead atoms. The van der Waals surface area contributed by atoms with Gasteiger partial charge in [-0.3, -0.25) is 0 Å². The Morgan fingerprint density at radius 1 is 1.29 bits per heavy atom. The van der Waals surface area contributed by atoms with E-state index in [1.54, 1.807) is 0 Å². The van der Waals surface area contributed by atoms with Crippen LogP contribution in [0.2, 0.25) is 0 Å². The average Bonchev–Trinajstić information content (AvgIpc) is 2.21. The molecule has 0 aromatic rings. The van der Waals surface area contributed by atoms with E-state index in [1.807, 2.05) is 6.92 Å². The molecule has 0 amide bonds. The van der Waals surface area contributed by atoms with Crippen molar-refractivity contribution in [2.24, 2.45) is 11.8 Å². The molecule has 1 unspecified atom stereocenters. The molecule has 14 heavy (non-hydrogen) atoms. The minimum atomic E-state index is 0.620. The Morgan fingerprint density at radius 3 is 2.43 bits per heavy atom. The second-order valence-corrected chi connectivity index (χ2v) is 4.55. The van der Waals surface area contributed by atoms with E-state index in [2.05, 4.69) is 31.1 Å². The summed E-state index contributed by atoms with van der Waals surface area (Å²) in [4.78, 5) is 0. The van der Waals surface area contributed by atoms with Crippen LogP contribution in [0.25, 0.3) is 0 Å². The third-order valence-electron chi connectivity index (χ3n) is 3.50. The highest BCUT2D eigenvalue weighted by Gasteiger charge is 2.24. The van der Waals surface area contributed by atoms with Crippen molar-refractivity contribution in [2.75, 3.05) is 7.05 Å². The van der Waals surface area contributed by atoms with Crippen LogP contribution in [0, 0.1) is 23.7 Å². The van der Waals surface area contributed by atoms with Crippen LogP contribution in [0.5, 0.6) is 0 Å². The topological polar surface area (TPSA) is 12.0 Å². The van der Waals surface area contributed by atoms with Crippen molar-refractivity contribution < 1.29 is 0 Å². The number of rotatable bonds is 3. The fourth-order valence-corrected chi connectivity index (χ4v) is 2.40. The van der Waals surface area contributed by atoms with Crippen molar-refractivity contribution >= 4 is 0 Å². The first-order valence-corrected chi connectivity index (χ1v) is 5.84. The minimum Gasteiger partial charge on any atom is -0.316 e. The predicted octanol–water partition coefficient (Wildman–Crippen LogP) is 2.81. The Morgan fingerprint density at radius 2 is 1.93 bits per heavy atom. The average molecular weight is 193 g/mol. The van der Waals surface area contributed by atoms with Crippen LogP contribution in [0.1, 0.15) is 46.0 Å². The molecule has 0 spiro atoms. The maximum atomic E-state index is 3.42. The zero-order chi connectivity index (χ0) is 10.4. The van der Waals surface area contributed by atoms with E-state index < -0.39 is 0 Å². The van der Waals surface area contributed by atoms with E-state index >= 15 is 0 Å². The fourth-order valence-electron chi connectivity index (χ4n) is 2.40. The van der Waals surface area contributed by atoms with E-state index in [0.29, 0.717) is 6.04 Å². The second-order valence-electron chi connectivity index (χ2n) is 4.55. The van der Waals surface area contributed by atoms with E-state index in [-0.39, 0.29) is 0 Å². The molecule has 0 heterocycles. The third-order valence-corrected chi connectivity index (χ3v) is 3.50. The molecule has 80 valence electrons. The summed E-state index contributed by atoms with van der Waals surface area (Å²) in [7, 11) is 2.07. The maximum absolute atomic E-state index is 3.42. The lowest BCUT2D eigenvalue weighted by Gasteiger charge is -2.31.